The SMILES string of the molecule is CNc1ccc(S(=O)(=O)Nc2ccc(F)cn2)cc1. The van der Waals surface area contributed by atoms with Crippen LogP contribution in [0.3, 0.4) is 0 Å². The molecule has 0 amide bonds. The van der Waals surface area contributed by atoms with Crippen molar-refractivity contribution in [1.82, 2.24) is 4.98 Å². The van der Waals surface area contributed by atoms with Crippen LogP contribution < -0.4 is 10.0 Å². The van der Waals surface area contributed by atoms with Crippen LogP contribution in [0, 0.1) is 5.82 Å². The minimum atomic E-state index is -3.71. The first kappa shape index (κ1) is 13.3. The van der Waals surface area contributed by atoms with Gasteiger partial charge in [-0.2, -0.15) is 0 Å². The quantitative estimate of drug-likeness (QED) is 0.900. The molecule has 1 aromatic heterocycles. The number of hydrogen-bond donors (Lipinski definition) is 2. The third kappa shape index (κ3) is 3.19. The van der Waals surface area contributed by atoms with Gasteiger partial charge < -0.3 is 5.32 Å². The molecule has 2 aromatic rings. The summed E-state index contributed by atoms with van der Waals surface area (Å²) in [7, 11) is -1.97. The molecule has 2 N–H and O–H groups in total. The maximum Gasteiger partial charge on any atom is 0.263 e. The van der Waals surface area contributed by atoms with E-state index in [0.29, 0.717) is 0 Å². The van der Waals surface area contributed by atoms with Crippen molar-refractivity contribution in [2.24, 2.45) is 0 Å². The van der Waals surface area contributed by atoms with E-state index >= 15 is 0 Å². The van der Waals surface area contributed by atoms with E-state index in [0.717, 1.165) is 18.0 Å². The first-order valence-electron chi connectivity index (χ1n) is 5.43. The Hall–Kier alpha value is -2.15. The molecule has 0 unspecified atom stereocenters. The standard InChI is InChI=1S/C12H12FN3O2S/c1-14-10-3-5-11(6-4-10)19(17,18)16-12-7-2-9(13)8-15-12/h2-8,14H,1H3,(H,15,16). The van der Waals surface area contributed by atoms with Crippen LogP contribution in [0.25, 0.3) is 0 Å². The zero-order chi connectivity index (χ0) is 13.9. The maximum absolute atomic E-state index is 12.7. The van der Waals surface area contributed by atoms with Gasteiger partial charge in [-0.3, -0.25) is 4.72 Å². The largest absolute Gasteiger partial charge is 0.388 e. The van der Waals surface area contributed by atoms with Gasteiger partial charge in [0, 0.05) is 12.7 Å². The maximum atomic E-state index is 12.7. The molecular weight excluding hydrogens is 269 g/mol. The summed E-state index contributed by atoms with van der Waals surface area (Å²) in [5, 5.41) is 2.89. The number of halogens is 1. The van der Waals surface area contributed by atoms with E-state index in [1.807, 2.05) is 0 Å². The van der Waals surface area contributed by atoms with Gasteiger partial charge in [0.1, 0.15) is 11.6 Å². The second kappa shape index (κ2) is 5.23. The van der Waals surface area contributed by atoms with Gasteiger partial charge in [0.25, 0.3) is 10.0 Å². The van der Waals surface area contributed by atoms with Gasteiger partial charge >= 0.3 is 0 Å². The topological polar surface area (TPSA) is 71.1 Å². The van der Waals surface area contributed by atoms with Crippen molar-refractivity contribution in [2.75, 3.05) is 17.1 Å². The second-order valence-electron chi connectivity index (χ2n) is 3.74. The lowest BCUT2D eigenvalue weighted by molar-refractivity contribution is 0.600. The molecule has 0 aliphatic heterocycles. The van der Waals surface area contributed by atoms with Crippen LogP contribution in [-0.2, 0) is 10.0 Å². The highest BCUT2D eigenvalue weighted by Crippen LogP contribution is 2.16. The Labute approximate surface area is 110 Å². The number of aromatic nitrogens is 1. The zero-order valence-electron chi connectivity index (χ0n) is 10.1. The molecule has 1 heterocycles. The summed E-state index contributed by atoms with van der Waals surface area (Å²) >= 11 is 0. The van der Waals surface area contributed by atoms with Crippen molar-refractivity contribution in [3.63, 3.8) is 0 Å². The Morgan fingerprint density at radius 2 is 1.79 bits per heavy atom. The predicted octanol–water partition coefficient (Wildman–Crippen LogP) is 2.06. The third-order valence-electron chi connectivity index (χ3n) is 2.42. The molecule has 5 nitrogen and oxygen atoms in total. The van der Waals surface area contributed by atoms with Crippen molar-refractivity contribution < 1.29 is 12.8 Å². The van der Waals surface area contributed by atoms with Crippen LogP contribution in [-0.4, -0.2) is 20.4 Å². The molecule has 0 saturated heterocycles. The van der Waals surface area contributed by atoms with Crippen LogP contribution >= 0.6 is 0 Å². The Bertz CT molecular complexity index is 654. The number of nitrogens with zero attached hydrogens (tertiary/aromatic N) is 1. The number of anilines is 2. The monoisotopic (exact) mass is 281 g/mol. The van der Waals surface area contributed by atoms with Gasteiger partial charge in [0.2, 0.25) is 0 Å². The van der Waals surface area contributed by atoms with E-state index in [2.05, 4.69) is 15.0 Å². The van der Waals surface area contributed by atoms with E-state index in [-0.39, 0.29) is 10.7 Å². The Balaban J connectivity index is 2.24. The van der Waals surface area contributed by atoms with E-state index < -0.39 is 15.8 Å². The van der Waals surface area contributed by atoms with Crippen LogP contribution in [0.5, 0.6) is 0 Å². The summed E-state index contributed by atoms with van der Waals surface area (Å²) in [5.41, 5.74) is 0.804. The number of hydrogen-bond acceptors (Lipinski definition) is 4. The fraction of sp³-hybridized carbons (Fsp3) is 0.0833. The van der Waals surface area contributed by atoms with Crippen LogP contribution in [0.4, 0.5) is 15.9 Å². The summed E-state index contributed by atoms with van der Waals surface area (Å²) in [6.07, 6.45) is 0.946. The molecule has 100 valence electrons. The predicted molar refractivity (Wildman–Crippen MR) is 71.0 cm³/mol. The normalized spacial score (nSPS) is 11.1. The summed E-state index contributed by atoms with van der Waals surface area (Å²) in [4.78, 5) is 3.75. The minimum absolute atomic E-state index is 0.0686. The highest BCUT2D eigenvalue weighted by Gasteiger charge is 2.14. The van der Waals surface area contributed by atoms with E-state index in [1.165, 1.54) is 18.2 Å². The number of sulfonamides is 1. The molecule has 2 rings (SSSR count). The van der Waals surface area contributed by atoms with Gasteiger partial charge in [-0.25, -0.2) is 17.8 Å². The Kier molecular flexibility index (Phi) is 3.66. The summed E-state index contributed by atoms with van der Waals surface area (Å²) in [6, 6.07) is 8.62. The lowest BCUT2D eigenvalue weighted by Gasteiger charge is -2.08. The van der Waals surface area contributed by atoms with Crippen molar-refractivity contribution >= 4 is 21.5 Å². The van der Waals surface area contributed by atoms with Gasteiger partial charge in [-0.15, -0.1) is 0 Å². The number of pyridine rings is 1. The fourth-order valence-corrected chi connectivity index (χ4v) is 2.44. The van der Waals surface area contributed by atoms with E-state index in [1.54, 1.807) is 19.2 Å². The molecule has 0 aliphatic carbocycles. The molecule has 0 aliphatic rings. The highest BCUT2D eigenvalue weighted by molar-refractivity contribution is 7.92. The lowest BCUT2D eigenvalue weighted by Crippen LogP contribution is -2.13. The summed E-state index contributed by atoms with van der Waals surface area (Å²) < 4.78 is 39.0. The second-order valence-corrected chi connectivity index (χ2v) is 5.42. The van der Waals surface area contributed by atoms with E-state index in [4.69, 9.17) is 0 Å². The molecule has 0 saturated carbocycles. The summed E-state index contributed by atoms with van der Waals surface area (Å²) in [5.74, 6) is -0.458. The van der Waals surface area contributed by atoms with Gasteiger partial charge in [-0.05, 0) is 36.4 Å². The van der Waals surface area contributed by atoms with Crippen LogP contribution in [0.1, 0.15) is 0 Å². The van der Waals surface area contributed by atoms with E-state index in [9.17, 15) is 12.8 Å². The van der Waals surface area contributed by atoms with Gasteiger partial charge in [-0.1, -0.05) is 0 Å². The van der Waals surface area contributed by atoms with Crippen molar-refractivity contribution in [3.8, 4) is 0 Å². The van der Waals surface area contributed by atoms with Gasteiger partial charge in [0.05, 0.1) is 11.1 Å². The van der Waals surface area contributed by atoms with Gasteiger partial charge in [0.15, 0.2) is 0 Å². The number of benzene rings is 1. The van der Waals surface area contributed by atoms with Crippen LogP contribution in [0.2, 0.25) is 0 Å². The fourth-order valence-electron chi connectivity index (χ4n) is 1.43. The molecule has 0 atom stereocenters. The number of rotatable bonds is 4. The molecule has 1 aromatic carbocycles. The van der Waals surface area contributed by atoms with Crippen molar-refractivity contribution in [2.45, 2.75) is 4.90 Å². The first-order valence-corrected chi connectivity index (χ1v) is 6.92. The highest BCUT2D eigenvalue weighted by atomic mass is 32.2. The molecule has 0 spiro atoms. The Morgan fingerprint density at radius 1 is 1.11 bits per heavy atom. The molecule has 0 bridgehead atoms. The summed E-state index contributed by atoms with van der Waals surface area (Å²) in [6.45, 7) is 0. The first-order chi connectivity index (χ1) is 9.01. The average Bonchev–Trinajstić information content (AvgIpc) is 2.41. The van der Waals surface area contributed by atoms with Crippen molar-refractivity contribution in [3.05, 3.63) is 48.4 Å². The molecule has 7 heteroatoms. The molecular formula is C12H12FN3O2S. The molecule has 19 heavy (non-hydrogen) atoms. The average molecular weight is 281 g/mol. The lowest BCUT2D eigenvalue weighted by atomic mass is 10.3. The van der Waals surface area contributed by atoms with Crippen LogP contribution in [0.15, 0.2) is 47.5 Å². The van der Waals surface area contributed by atoms with Crippen molar-refractivity contribution in [1.29, 1.82) is 0 Å². The molecule has 0 radical (unpaired) electrons. The minimum Gasteiger partial charge on any atom is -0.388 e. The third-order valence-corrected chi connectivity index (χ3v) is 3.79. The molecule has 0 fully saturated rings. The number of nitrogens with one attached hydrogen (secondary N) is 2. The zero-order valence-corrected chi connectivity index (χ0v) is 10.9. The smallest absolute Gasteiger partial charge is 0.263 e. The Morgan fingerprint density at radius 3 is 2.32 bits per heavy atom.